The van der Waals surface area contributed by atoms with Gasteiger partial charge in [0.05, 0.1) is 17.2 Å². The standard InChI is InChI=1S/C15H15N3O5/c1-3-17-14(19)12(15(20)23-4-2)9-13(16-17)10-5-7-11(8-6-10)18(21)22/h5-9H,3-4H2,1-2H3. The molecule has 0 amide bonds. The Kier molecular flexibility index (Phi) is 4.85. The molecule has 0 bridgehead atoms. The number of carbonyl (C=O) groups excluding carboxylic acids is 1. The number of non-ortho nitro benzene ring substituents is 1. The molecule has 23 heavy (non-hydrogen) atoms. The molecule has 0 unspecified atom stereocenters. The molecule has 0 N–H and O–H groups in total. The molecule has 0 radical (unpaired) electrons. The highest BCUT2D eigenvalue weighted by Gasteiger charge is 2.17. The van der Waals surface area contributed by atoms with Crippen LogP contribution in [0.15, 0.2) is 35.1 Å². The quantitative estimate of drug-likeness (QED) is 0.474. The topological polar surface area (TPSA) is 104 Å². The number of aryl methyl sites for hydroxylation is 1. The van der Waals surface area contributed by atoms with Crippen LogP contribution in [0.4, 0.5) is 5.69 Å². The van der Waals surface area contributed by atoms with Crippen molar-refractivity contribution in [3.8, 4) is 11.3 Å². The van der Waals surface area contributed by atoms with E-state index in [1.54, 1.807) is 13.8 Å². The first-order valence-corrected chi connectivity index (χ1v) is 7.02. The maximum atomic E-state index is 12.2. The lowest BCUT2D eigenvalue weighted by atomic mass is 10.1. The molecule has 0 aliphatic rings. The van der Waals surface area contributed by atoms with Crippen LogP contribution in [0.1, 0.15) is 24.2 Å². The number of carbonyl (C=O) groups is 1. The SMILES string of the molecule is CCOC(=O)c1cc(-c2ccc([N+](=O)[O-])cc2)nn(CC)c1=O. The van der Waals surface area contributed by atoms with Crippen molar-refractivity contribution >= 4 is 11.7 Å². The van der Waals surface area contributed by atoms with Gasteiger partial charge in [0.25, 0.3) is 11.2 Å². The fourth-order valence-electron chi connectivity index (χ4n) is 2.01. The number of nitro groups is 1. The Labute approximate surface area is 131 Å². The van der Waals surface area contributed by atoms with Gasteiger partial charge in [0.1, 0.15) is 5.56 Å². The molecular formula is C15H15N3O5. The van der Waals surface area contributed by atoms with E-state index >= 15 is 0 Å². The molecule has 0 spiro atoms. The van der Waals surface area contributed by atoms with Crippen LogP contribution in [0.2, 0.25) is 0 Å². The fraction of sp³-hybridized carbons (Fsp3) is 0.267. The maximum Gasteiger partial charge on any atom is 0.343 e. The molecule has 2 aromatic rings. The van der Waals surface area contributed by atoms with Crippen molar-refractivity contribution in [1.82, 2.24) is 9.78 Å². The van der Waals surface area contributed by atoms with Crippen LogP contribution in [-0.2, 0) is 11.3 Å². The molecule has 8 nitrogen and oxygen atoms in total. The minimum atomic E-state index is -0.717. The zero-order chi connectivity index (χ0) is 17.0. The van der Waals surface area contributed by atoms with Crippen LogP contribution < -0.4 is 5.56 Å². The molecule has 0 saturated carbocycles. The Morgan fingerprint density at radius 1 is 1.30 bits per heavy atom. The highest BCUT2D eigenvalue weighted by Crippen LogP contribution is 2.20. The number of rotatable bonds is 5. The first kappa shape index (κ1) is 16.3. The third-order valence-electron chi connectivity index (χ3n) is 3.14. The van der Waals surface area contributed by atoms with Crippen LogP contribution >= 0.6 is 0 Å². The summed E-state index contributed by atoms with van der Waals surface area (Å²) >= 11 is 0. The van der Waals surface area contributed by atoms with Crippen LogP contribution in [0.3, 0.4) is 0 Å². The summed E-state index contributed by atoms with van der Waals surface area (Å²) in [6.45, 7) is 3.81. The van der Waals surface area contributed by atoms with E-state index in [2.05, 4.69) is 5.10 Å². The van der Waals surface area contributed by atoms with Gasteiger partial charge in [0, 0.05) is 24.2 Å². The molecule has 8 heteroatoms. The summed E-state index contributed by atoms with van der Waals surface area (Å²) in [5.74, 6) is -0.717. The summed E-state index contributed by atoms with van der Waals surface area (Å²) in [6.07, 6.45) is 0. The van der Waals surface area contributed by atoms with E-state index in [0.29, 0.717) is 11.3 Å². The number of hydrogen-bond acceptors (Lipinski definition) is 6. The summed E-state index contributed by atoms with van der Waals surface area (Å²) in [7, 11) is 0. The van der Waals surface area contributed by atoms with Crippen molar-refractivity contribution in [2.75, 3.05) is 6.61 Å². The van der Waals surface area contributed by atoms with Crippen molar-refractivity contribution in [2.24, 2.45) is 0 Å². The van der Waals surface area contributed by atoms with Crippen LogP contribution in [0.25, 0.3) is 11.3 Å². The smallest absolute Gasteiger partial charge is 0.343 e. The summed E-state index contributed by atoms with van der Waals surface area (Å²) < 4.78 is 6.04. The Bertz CT molecular complexity index is 796. The first-order valence-electron chi connectivity index (χ1n) is 7.02. The van der Waals surface area contributed by atoms with E-state index < -0.39 is 16.5 Å². The molecule has 0 fully saturated rings. The lowest BCUT2D eigenvalue weighted by Gasteiger charge is -2.08. The first-order chi connectivity index (χ1) is 11.0. The van der Waals surface area contributed by atoms with Crippen molar-refractivity contribution in [3.05, 3.63) is 56.4 Å². The number of hydrogen-bond donors (Lipinski definition) is 0. The van der Waals surface area contributed by atoms with Crippen molar-refractivity contribution in [1.29, 1.82) is 0 Å². The number of esters is 1. The summed E-state index contributed by atoms with van der Waals surface area (Å²) in [5.41, 5.74) is 0.226. The number of ether oxygens (including phenoxy) is 1. The predicted molar refractivity (Wildman–Crippen MR) is 82.2 cm³/mol. The second kappa shape index (κ2) is 6.82. The van der Waals surface area contributed by atoms with Gasteiger partial charge in [0.15, 0.2) is 0 Å². The van der Waals surface area contributed by atoms with E-state index in [-0.39, 0.29) is 24.4 Å². The number of aromatic nitrogens is 2. The van der Waals surface area contributed by atoms with Crippen molar-refractivity contribution in [2.45, 2.75) is 20.4 Å². The highest BCUT2D eigenvalue weighted by atomic mass is 16.6. The van der Waals surface area contributed by atoms with E-state index in [4.69, 9.17) is 4.74 Å². The van der Waals surface area contributed by atoms with Gasteiger partial charge >= 0.3 is 5.97 Å². The van der Waals surface area contributed by atoms with Gasteiger partial charge in [-0.2, -0.15) is 5.10 Å². The van der Waals surface area contributed by atoms with Gasteiger partial charge in [-0.3, -0.25) is 14.9 Å². The van der Waals surface area contributed by atoms with Crippen LogP contribution in [-0.4, -0.2) is 27.3 Å². The number of nitro benzene ring substituents is 1. The van der Waals surface area contributed by atoms with E-state index in [9.17, 15) is 19.7 Å². The third-order valence-corrected chi connectivity index (χ3v) is 3.14. The van der Waals surface area contributed by atoms with E-state index in [0.717, 1.165) is 4.68 Å². The predicted octanol–water partition coefficient (Wildman–Crippen LogP) is 2.02. The number of benzene rings is 1. The number of nitrogens with zero attached hydrogens (tertiary/aromatic N) is 3. The maximum absolute atomic E-state index is 12.2. The summed E-state index contributed by atoms with van der Waals surface area (Å²) in [4.78, 5) is 34.2. The molecule has 0 aliphatic carbocycles. The third kappa shape index (κ3) is 3.42. The lowest BCUT2D eigenvalue weighted by molar-refractivity contribution is -0.384. The Morgan fingerprint density at radius 2 is 1.96 bits per heavy atom. The molecule has 120 valence electrons. The largest absolute Gasteiger partial charge is 0.462 e. The van der Waals surface area contributed by atoms with Gasteiger partial charge in [-0.25, -0.2) is 9.48 Å². The monoisotopic (exact) mass is 317 g/mol. The second-order valence-electron chi connectivity index (χ2n) is 4.59. The van der Waals surface area contributed by atoms with Crippen LogP contribution in [0.5, 0.6) is 0 Å². The Hall–Kier alpha value is -3.03. The average Bonchev–Trinajstić information content (AvgIpc) is 2.55. The molecule has 0 atom stereocenters. The van der Waals surface area contributed by atoms with Gasteiger partial charge in [-0.15, -0.1) is 0 Å². The Morgan fingerprint density at radius 3 is 2.48 bits per heavy atom. The zero-order valence-electron chi connectivity index (χ0n) is 12.7. The van der Waals surface area contributed by atoms with Gasteiger partial charge in [0.2, 0.25) is 0 Å². The molecule has 0 aliphatic heterocycles. The van der Waals surface area contributed by atoms with E-state index in [1.807, 2.05) is 0 Å². The minimum absolute atomic E-state index is 0.0526. The summed E-state index contributed by atoms with van der Waals surface area (Å²) in [5, 5.41) is 14.9. The van der Waals surface area contributed by atoms with Gasteiger partial charge < -0.3 is 4.74 Å². The highest BCUT2D eigenvalue weighted by molar-refractivity contribution is 5.90. The minimum Gasteiger partial charge on any atom is -0.462 e. The van der Waals surface area contributed by atoms with Crippen LogP contribution in [0, 0.1) is 10.1 Å². The molecule has 1 aromatic heterocycles. The van der Waals surface area contributed by atoms with Gasteiger partial charge in [-0.05, 0) is 32.0 Å². The van der Waals surface area contributed by atoms with Crippen molar-refractivity contribution in [3.63, 3.8) is 0 Å². The Balaban J connectivity index is 2.54. The molecule has 1 aromatic carbocycles. The summed E-state index contributed by atoms with van der Waals surface area (Å²) in [6, 6.07) is 7.04. The fourth-order valence-corrected chi connectivity index (χ4v) is 2.01. The van der Waals surface area contributed by atoms with Crippen molar-refractivity contribution < 1.29 is 14.5 Å². The molecular weight excluding hydrogens is 302 g/mol. The van der Waals surface area contributed by atoms with Gasteiger partial charge in [-0.1, -0.05) is 0 Å². The lowest BCUT2D eigenvalue weighted by Crippen LogP contribution is -2.29. The normalized spacial score (nSPS) is 10.3. The second-order valence-corrected chi connectivity index (χ2v) is 4.59. The zero-order valence-corrected chi connectivity index (χ0v) is 12.7. The van der Waals surface area contributed by atoms with E-state index in [1.165, 1.54) is 30.3 Å². The molecule has 2 rings (SSSR count). The molecule has 0 saturated heterocycles. The molecule has 1 heterocycles. The average molecular weight is 317 g/mol.